The van der Waals surface area contributed by atoms with Crippen molar-refractivity contribution in [1.29, 1.82) is 0 Å². The largest absolute Gasteiger partial charge is 0.493 e. The number of likely N-dealkylation sites (tertiary alicyclic amines) is 1. The summed E-state index contributed by atoms with van der Waals surface area (Å²) in [6.45, 7) is 8.19. The summed E-state index contributed by atoms with van der Waals surface area (Å²) in [6, 6.07) is 6.14. The maximum atomic E-state index is 9.22. The highest BCUT2D eigenvalue weighted by atomic mass is 16.5. The predicted molar refractivity (Wildman–Crippen MR) is 83.8 cm³/mol. The Morgan fingerprint density at radius 2 is 2.14 bits per heavy atom. The normalized spacial score (nSPS) is 19.2. The fourth-order valence-electron chi connectivity index (χ4n) is 2.65. The molecule has 0 saturated carbocycles. The number of aliphatic hydroxyl groups excluding tert-OH is 1. The molecule has 1 N–H and O–H groups in total. The van der Waals surface area contributed by atoms with E-state index in [1.165, 1.54) is 5.56 Å². The molecule has 1 fully saturated rings. The van der Waals surface area contributed by atoms with Gasteiger partial charge in [-0.05, 0) is 42.5 Å². The molecule has 1 atom stereocenters. The molecular formula is C17H27NO3. The zero-order valence-electron chi connectivity index (χ0n) is 13.3. The van der Waals surface area contributed by atoms with Gasteiger partial charge in [-0.25, -0.2) is 0 Å². The van der Waals surface area contributed by atoms with Gasteiger partial charge in [-0.3, -0.25) is 4.90 Å². The van der Waals surface area contributed by atoms with Crippen molar-refractivity contribution in [2.24, 2.45) is 11.8 Å². The van der Waals surface area contributed by atoms with Gasteiger partial charge in [0.2, 0.25) is 0 Å². The summed E-state index contributed by atoms with van der Waals surface area (Å²) in [6.07, 6.45) is 1.09. The molecule has 1 saturated heterocycles. The van der Waals surface area contributed by atoms with Gasteiger partial charge in [0.1, 0.15) is 0 Å². The molecular weight excluding hydrogens is 266 g/mol. The predicted octanol–water partition coefficient (Wildman–Crippen LogP) is 2.54. The Bertz CT molecular complexity index is 448. The average molecular weight is 293 g/mol. The van der Waals surface area contributed by atoms with Gasteiger partial charge in [-0.15, -0.1) is 0 Å². The maximum absolute atomic E-state index is 9.22. The number of nitrogens with zero attached hydrogens (tertiary/aromatic N) is 1. The van der Waals surface area contributed by atoms with Crippen LogP contribution < -0.4 is 9.47 Å². The first kappa shape index (κ1) is 16.1. The van der Waals surface area contributed by atoms with Gasteiger partial charge in [0.05, 0.1) is 13.7 Å². The summed E-state index contributed by atoms with van der Waals surface area (Å²) < 4.78 is 11.2. The van der Waals surface area contributed by atoms with Crippen molar-refractivity contribution >= 4 is 0 Å². The Balaban J connectivity index is 2.01. The molecule has 4 nitrogen and oxygen atoms in total. The van der Waals surface area contributed by atoms with Crippen molar-refractivity contribution in [3.63, 3.8) is 0 Å². The van der Waals surface area contributed by atoms with E-state index in [2.05, 4.69) is 30.9 Å². The van der Waals surface area contributed by atoms with Crippen LogP contribution in [-0.4, -0.2) is 43.4 Å². The molecule has 1 heterocycles. The quantitative estimate of drug-likeness (QED) is 0.839. The molecule has 21 heavy (non-hydrogen) atoms. The van der Waals surface area contributed by atoms with Crippen LogP contribution in [0.3, 0.4) is 0 Å². The molecule has 1 aromatic carbocycles. The van der Waals surface area contributed by atoms with Crippen LogP contribution in [0.2, 0.25) is 0 Å². The highest BCUT2D eigenvalue weighted by Gasteiger charge is 2.21. The second-order valence-electron chi connectivity index (χ2n) is 6.26. The number of benzene rings is 1. The summed E-state index contributed by atoms with van der Waals surface area (Å²) in [5, 5.41) is 9.22. The van der Waals surface area contributed by atoms with Gasteiger partial charge < -0.3 is 14.6 Å². The molecule has 1 aromatic rings. The number of aliphatic hydroxyl groups is 1. The van der Waals surface area contributed by atoms with Gasteiger partial charge >= 0.3 is 0 Å². The van der Waals surface area contributed by atoms with Crippen molar-refractivity contribution in [3.8, 4) is 11.5 Å². The summed E-state index contributed by atoms with van der Waals surface area (Å²) in [5.41, 5.74) is 1.23. The van der Waals surface area contributed by atoms with Gasteiger partial charge in [-0.2, -0.15) is 0 Å². The fourth-order valence-corrected chi connectivity index (χ4v) is 2.65. The zero-order chi connectivity index (χ0) is 15.2. The van der Waals surface area contributed by atoms with Crippen molar-refractivity contribution in [2.45, 2.75) is 26.8 Å². The summed E-state index contributed by atoms with van der Waals surface area (Å²) in [7, 11) is 1.67. The molecule has 0 spiro atoms. The van der Waals surface area contributed by atoms with Gasteiger partial charge in [-0.1, -0.05) is 19.9 Å². The van der Waals surface area contributed by atoms with Crippen LogP contribution in [0.15, 0.2) is 18.2 Å². The highest BCUT2D eigenvalue weighted by molar-refractivity contribution is 5.43. The van der Waals surface area contributed by atoms with E-state index in [0.29, 0.717) is 25.0 Å². The lowest BCUT2D eigenvalue weighted by Crippen LogP contribution is -2.21. The van der Waals surface area contributed by atoms with Crippen LogP contribution in [0, 0.1) is 11.8 Å². The third-order valence-electron chi connectivity index (χ3n) is 3.83. The third kappa shape index (κ3) is 4.61. The van der Waals surface area contributed by atoms with Crippen LogP contribution in [0.1, 0.15) is 25.8 Å². The first-order chi connectivity index (χ1) is 10.1. The third-order valence-corrected chi connectivity index (χ3v) is 3.83. The Morgan fingerprint density at radius 3 is 2.76 bits per heavy atom. The zero-order valence-corrected chi connectivity index (χ0v) is 13.3. The minimum atomic E-state index is 0.294. The van der Waals surface area contributed by atoms with E-state index in [1.54, 1.807) is 7.11 Å². The van der Waals surface area contributed by atoms with Crippen molar-refractivity contribution in [2.75, 3.05) is 33.4 Å². The van der Waals surface area contributed by atoms with Gasteiger partial charge in [0.25, 0.3) is 0 Å². The summed E-state index contributed by atoms with van der Waals surface area (Å²) in [5.74, 6) is 2.53. The molecule has 118 valence electrons. The molecule has 4 heteroatoms. The number of rotatable bonds is 7. The van der Waals surface area contributed by atoms with Crippen LogP contribution in [0.5, 0.6) is 11.5 Å². The molecule has 0 radical (unpaired) electrons. The monoisotopic (exact) mass is 293 g/mol. The van der Waals surface area contributed by atoms with Crippen LogP contribution in [0.25, 0.3) is 0 Å². The second kappa shape index (κ2) is 7.66. The first-order valence-corrected chi connectivity index (χ1v) is 7.75. The maximum Gasteiger partial charge on any atom is 0.161 e. The molecule has 0 aliphatic carbocycles. The molecule has 1 aliphatic rings. The number of methoxy groups -OCH3 is 1. The minimum Gasteiger partial charge on any atom is -0.493 e. The molecule has 0 amide bonds. The lowest BCUT2D eigenvalue weighted by Gasteiger charge is -2.18. The van der Waals surface area contributed by atoms with E-state index in [-0.39, 0.29) is 0 Å². The second-order valence-corrected chi connectivity index (χ2v) is 6.26. The van der Waals surface area contributed by atoms with Crippen molar-refractivity contribution in [3.05, 3.63) is 23.8 Å². The summed E-state index contributed by atoms with van der Waals surface area (Å²) >= 11 is 0. The summed E-state index contributed by atoms with van der Waals surface area (Å²) in [4.78, 5) is 2.38. The van der Waals surface area contributed by atoms with Crippen molar-refractivity contribution in [1.82, 2.24) is 4.90 Å². The molecule has 2 rings (SSSR count). The number of hydrogen-bond acceptors (Lipinski definition) is 4. The molecule has 1 aliphatic heterocycles. The first-order valence-electron chi connectivity index (χ1n) is 7.75. The van der Waals surface area contributed by atoms with E-state index in [0.717, 1.165) is 37.6 Å². The van der Waals surface area contributed by atoms with E-state index >= 15 is 0 Å². The smallest absolute Gasteiger partial charge is 0.161 e. The molecule has 1 unspecified atom stereocenters. The Labute approximate surface area is 127 Å². The molecule has 0 bridgehead atoms. The molecule has 0 aromatic heterocycles. The Morgan fingerprint density at radius 1 is 1.33 bits per heavy atom. The van der Waals surface area contributed by atoms with Gasteiger partial charge in [0.15, 0.2) is 11.5 Å². The topological polar surface area (TPSA) is 41.9 Å². The Kier molecular flexibility index (Phi) is 5.88. The minimum absolute atomic E-state index is 0.294. The number of hydrogen-bond donors (Lipinski definition) is 1. The van der Waals surface area contributed by atoms with E-state index in [1.807, 2.05) is 6.07 Å². The van der Waals surface area contributed by atoms with Crippen LogP contribution in [-0.2, 0) is 6.54 Å². The van der Waals surface area contributed by atoms with Crippen molar-refractivity contribution < 1.29 is 14.6 Å². The van der Waals surface area contributed by atoms with E-state index in [9.17, 15) is 5.11 Å². The standard InChI is InChI=1S/C17H27NO3/c1-13(2)12-21-17-8-14(4-5-16(17)20-3)9-18-7-6-15(10-18)11-19/h4-5,8,13,15,19H,6-7,9-12H2,1-3H3. The SMILES string of the molecule is COc1ccc(CN2CCC(CO)C2)cc1OCC(C)C. The Hall–Kier alpha value is -1.26. The average Bonchev–Trinajstić information content (AvgIpc) is 2.93. The van der Waals surface area contributed by atoms with Gasteiger partial charge in [0, 0.05) is 19.7 Å². The number of ether oxygens (including phenoxy) is 2. The lowest BCUT2D eigenvalue weighted by atomic mass is 10.1. The van der Waals surface area contributed by atoms with E-state index < -0.39 is 0 Å². The lowest BCUT2D eigenvalue weighted by molar-refractivity contribution is 0.220. The van der Waals surface area contributed by atoms with E-state index in [4.69, 9.17) is 9.47 Å². The van der Waals surface area contributed by atoms with Crippen LogP contribution in [0.4, 0.5) is 0 Å². The highest BCUT2D eigenvalue weighted by Crippen LogP contribution is 2.29. The fraction of sp³-hybridized carbons (Fsp3) is 0.647. The van der Waals surface area contributed by atoms with Crippen LogP contribution >= 0.6 is 0 Å².